The van der Waals surface area contributed by atoms with Crippen LogP contribution in [-0.4, -0.2) is 23.0 Å². The van der Waals surface area contributed by atoms with E-state index in [2.05, 4.69) is 13.8 Å². The zero-order chi connectivity index (χ0) is 16.2. The van der Waals surface area contributed by atoms with Crippen LogP contribution in [0.25, 0.3) is 0 Å². The molecule has 0 radical (unpaired) electrons. The van der Waals surface area contributed by atoms with Crippen molar-refractivity contribution in [1.82, 2.24) is 0 Å². The van der Waals surface area contributed by atoms with Crippen LogP contribution in [0.5, 0.6) is 0 Å². The molecule has 0 aromatic rings. The molecule has 0 amide bonds. The van der Waals surface area contributed by atoms with E-state index in [1.807, 2.05) is 0 Å². The van der Waals surface area contributed by atoms with Crippen LogP contribution in [-0.2, 0) is 10.1 Å². The summed E-state index contributed by atoms with van der Waals surface area (Å²) in [5, 5.41) is 10.2. The second-order valence-corrected chi connectivity index (χ2v) is 7.75. The van der Waals surface area contributed by atoms with Crippen molar-refractivity contribution in [3.8, 4) is 0 Å². The number of unbranched alkanes of at least 4 members (excludes halogenated alkanes) is 9. The Morgan fingerprint density at radius 1 is 0.773 bits per heavy atom. The van der Waals surface area contributed by atoms with Crippen LogP contribution in [0, 0.1) is 0 Å². The molecule has 22 heavy (non-hydrogen) atoms. The number of rotatable bonds is 14. The Labute approximate surface area is 159 Å². The first-order chi connectivity index (χ1) is 9.87. The molecule has 1 N–H and O–H groups in total. The number of hydrogen-bond acceptors (Lipinski definition) is 4. The fraction of sp³-hybridized carbons (Fsp3) is 1.00. The third-order valence-electron chi connectivity index (χ3n) is 4.06. The van der Waals surface area contributed by atoms with Gasteiger partial charge in [0.1, 0.15) is 10.1 Å². The van der Waals surface area contributed by atoms with Gasteiger partial charge in [0.25, 0.3) is 0 Å². The average molecular weight is 344 g/mol. The number of hydrogen-bond donors (Lipinski definition) is 1. The van der Waals surface area contributed by atoms with Crippen LogP contribution in [0.1, 0.15) is 97.3 Å². The topological polar surface area (TPSA) is 77.4 Å². The molecule has 0 saturated carbocycles. The molecule has 0 rings (SSSR count). The molecule has 0 bridgehead atoms. The zero-order valence-electron chi connectivity index (χ0n) is 14.8. The Morgan fingerprint density at radius 3 is 1.45 bits per heavy atom. The molecular weight excluding hydrogens is 311 g/mol. The molecule has 0 aliphatic rings. The predicted molar refractivity (Wildman–Crippen MR) is 86.0 cm³/mol. The third-order valence-corrected chi connectivity index (χ3v) is 5.40. The van der Waals surface area contributed by atoms with Gasteiger partial charge in [-0.1, -0.05) is 71.6 Å². The van der Waals surface area contributed by atoms with Crippen LogP contribution < -0.4 is 29.6 Å². The molecule has 0 aliphatic carbocycles. The van der Waals surface area contributed by atoms with Crippen molar-refractivity contribution in [2.75, 3.05) is 0 Å². The van der Waals surface area contributed by atoms with Crippen molar-refractivity contribution in [1.29, 1.82) is 0 Å². The minimum absolute atomic E-state index is 0. The van der Waals surface area contributed by atoms with Crippen molar-refractivity contribution < 1.29 is 47.6 Å². The molecule has 1 unspecified atom stereocenters. The normalized spacial score (nSPS) is 14.4. The average Bonchev–Trinajstić information content (AvgIpc) is 2.41. The summed E-state index contributed by atoms with van der Waals surface area (Å²) in [7, 11) is -4.65. The van der Waals surface area contributed by atoms with Crippen molar-refractivity contribution in [2.24, 2.45) is 0 Å². The van der Waals surface area contributed by atoms with Gasteiger partial charge < -0.3 is 9.66 Å². The Bertz CT molecular complexity index is 346. The molecule has 0 fully saturated rings. The van der Waals surface area contributed by atoms with Gasteiger partial charge in [-0.3, -0.25) is 0 Å². The van der Waals surface area contributed by atoms with Crippen molar-refractivity contribution in [3.63, 3.8) is 0 Å². The Balaban J connectivity index is 0. The molecule has 6 heteroatoms. The van der Waals surface area contributed by atoms with Crippen molar-refractivity contribution >= 4 is 10.1 Å². The zero-order valence-corrected chi connectivity index (χ0v) is 17.6. The van der Waals surface area contributed by atoms with Crippen LogP contribution in [0.2, 0.25) is 0 Å². The van der Waals surface area contributed by atoms with Gasteiger partial charge in [0.15, 0.2) is 4.93 Å². The maximum atomic E-state index is 11.3. The first kappa shape index (κ1) is 25.1. The third kappa shape index (κ3) is 11.4. The SMILES string of the molecule is CCCCCCCCCC(O)(CCCCCC)S(=O)(=O)[O-].[Na+]. The van der Waals surface area contributed by atoms with Crippen LogP contribution in [0.15, 0.2) is 0 Å². The van der Waals surface area contributed by atoms with Crippen molar-refractivity contribution in [3.05, 3.63) is 0 Å². The van der Waals surface area contributed by atoms with Crippen LogP contribution in [0.3, 0.4) is 0 Å². The minimum Gasteiger partial charge on any atom is -0.746 e. The molecule has 1 atom stereocenters. The maximum Gasteiger partial charge on any atom is 1.00 e. The molecule has 4 nitrogen and oxygen atoms in total. The van der Waals surface area contributed by atoms with Gasteiger partial charge in [-0.25, -0.2) is 8.42 Å². The molecule has 0 spiro atoms. The van der Waals surface area contributed by atoms with Crippen LogP contribution >= 0.6 is 0 Å². The van der Waals surface area contributed by atoms with E-state index in [9.17, 15) is 18.1 Å². The summed E-state index contributed by atoms with van der Waals surface area (Å²) in [4.78, 5) is -2.05. The smallest absolute Gasteiger partial charge is 0.746 e. The first-order valence-electron chi connectivity index (χ1n) is 8.55. The van der Waals surface area contributed by atoms with Gasteiger partial charge >= 0.3 is 29.6 Å². The monoisotopic (exact) mass is 344 g/mol. The van der Waals surface area contributed by atoms with Crippen molar-refractivity contribution in [2.45, 2.75) is 102 Å². The largest absolute Gasteiger partial charge is 1.00 e. The van der Waals surface area contributed by atoms with E-state index in [4.69, 9.17) is 0 Å². The molecule has 128 valence electrons. The maximum absolute atomic E-state index is 11.3. The second kappa shape index (κ2) is 14.2. The quantitative estimate of drug-likeness (QED) is 0.293. The predicted octanol–water partition coefficient (Wildman–Crippen LogP) is 1.34. The summed E-state index contributed by atoms with van der Waals surface area (Å²) in [6.45, 7) is 4.23. The van der Waals surface area contributed by atoms with E-state index in [1.54, 1.807) is 0 Å². The van der Waals surface area contributed by atoms with E-state index in [0.717, 1.165) is 38.5 Å². The standard InChI is InChI=1S/C16H34O4S.Na/c1-3-5-7-9-10-11-13-15-16(17,21(18,19)20)14-12-8-6-4-2;/h17H,3-15H2,1-2H3,(H,18,19,20);/q;+1/p-1. The molecular formula is C16H33NaO4S. The van der Waals surface area contributed by atoms with Gasteiger partial charge in [0.2, 0.25) is 0 Å². The fourth-order valence-corrected chi connectivity index (χ4v) is 3.35. The summed E-state index contributed by atoms with van der Waals surface area (Å²) in [6.07, 6.45) is 11.0. The summed E-state index contributed by atoms with van der Waals surface area (Å²) in [6, 6.07) is 0. The van der Waals surface area contributed by atoms with Gasteiger partial charge in [-0.15, -0.1) is 0 Å². The van der Waals surface area contributed by atoms with Gasteiger partial charge in [-0.05, 0) is 25.7 Å². The van der Waals surface area contributed by atoms with E-state index in [0.29, 0.717) is 12.8 Å². The summed E-state index contributed by atoms with van der Waals surface area (Å²) in [5.41, 5.74) is 0. The van der Waals surface area contributed by atoms with E-state index < -0.39 is 15.1 Å². The minimum atomic E-state index is -4.65. The Hall–Kier alpha value is 0.870. The van der Waals surface area contributed by atoms with E-state index >= 15 is 0 Å². The Kier molecular flexibility index (Phi) is 16.2. The van der Waals surface area contributed by atoms with E-state index in [-0.39, 0.29) is 42.4 Å². The summed E-state index contributed by atoms with van der Waals surface area (Å²) in [5.74, 6) is 0. The molecule has 0 heterocycles. The van der Waals surface area contributed by atoms with Gasteiger partial charge in [0, 0.05) is 0 Å². The molecule has 0 saturated heterocycles. The summed E-state index contributed by atoms with van der Waals surface area (Å²) >= 11 is 0. The molecule has 0 aromatic heterocycles. The molecule has 0 aromatic carbocycles. The van der Waals surface area contributed by atoms with Gasteiger partial charge in [0.05, 0.1) is 0 Å². The Morgan fingerprint density at radius 2 is 1.09 bits per heavy atom. The fourth-order valence-electron chi connectivity index (χ4n) is 2.56. The van der Waals surface area contributed by atoms with Gasteiger partial charge in [-0.2, -0.15) is 0 Å². The molecule has 0 aliphatic heterocycles. The van der Waals surface area contributed by atoms with Crippen LogP contribution in [0.4, 0.5) is 0 Å². The summed E-state index contributed by atoms with van der Waals surface area (Å²) < 4.78 is 33.9. The number of aliphatic hydroxyl groups is 1. The first-order valence-corrected chi connectivity index (χ1v) is 9.96. The second-order valence-electron chi connectivity index (χ2n) is 6.08. The van der Waals surface area contributed by atoms with E-state index in [1.165, 1.54) is 19.3 Å².